The lowest BCUT2D eigenvalue weighted by Crippen LogP contribution is -2.16. The van der Waals surface area contributed by atoms with Gasteiger partial charge < -0.3 is 4.57 Å². The Morgan fingerprint density at radius 2 is 1.12 bits per heavy atom. The molecule has 0 saturated carbocycles. The molecule has 0 saturated heterocycles. The lowest BCUT2D eigenvalue weighted by atomic mass is 9.79. The Hall–Kier alpha value is -6.18. The highest BCUT2D eigenvalue weighted by molar-refractivity contribution is 6.21. The summed E-state index contributed by atoms with van der Waals surface area (Å²) in [6.07, 6.45) is 6.95. The Labute approximate surface area is 303 Å². The molecule has 0 N–H and O–H groups in total. The second-order valence-corrected chi connectivity index (χ2v) is 15.2. The van der Waals surface area contributed by atoms with E-state index in [1.54, 1.807) is 0 Å². The van der Waals surface area contributed by atoms with E-state index in [0.29, 0.717) is 0 Å². The van der Waals surface area contributed by atoms with Crippen molar-refractivity contribution in [2.75, 3.05) is 0 Å². The zero-order chi connectivity index (χ0) is 34.6. The highest BCUT2D eigenvalue weighted by Crippen LogP contribution is 2.52. The summed E-state index contributed by atoms with van der Waals surface area (Å²) in [6.45, 7) is 4.79. The fourth-order valence-electron chi connectivity index (χ4n) is 9.59. The van der Waals surface area contributed by atoms with Crippen molar-refractivity contribution in [2.24, 2.45) is 0 Å². The predicted molar refractivity (Wildman–Crippen MR) is 222 cm³/mol. The first kappa shape index (κ1) is 29.5. The Kier molecular flexibility index (Phi) is 6.20. The van der Waals surface area contributed by atoms with Crippen molar-refractivity contribution in [3.05, 3.63) is 181 Å². The van der Waals surface area contributed by atoms with Crippen LogP contribution in [0.5, 0.6) is 0 Å². The number of hydrogen-bond acceptors (Lipinski definition) is 0. The summed E-state index contributed by atoms with van der Waals surface area (Å²) in [5.41, 5.74) is 14.6. The number of allylic oxidation sites excluding steroid dienone is 4. The van der Waals surface area contributed by atoms with Crippen LogP contribution in [-0.2, 0) is 5.41 Å². The quantitative estimate of drug-likeness (QED) is 0.166. The van der Waals surface area contributed by atoms with Gasteiger partial charge in [-0.2, -0.15) is 0 Å². The van der Waals surface area contributed by atoms with Gasteiger partial charge in [0, 0.05) is 27.0 Å². The average molecular weight is 664 g/mol. The SMILES string of the molecule is CC1(C)C2=C(CCC=C2)c2cc(-c3c4ccccc4c(-n4c5ccccc5c5ccccc54)c4ccc(-c5ccc6ccccc6c5)cc34)ccc21. The van der Waals surface area contributed by atoms with Crippen LogP contribution in [0.2, 0.25) is 0 Å². The van der Waals surface area contributed by atoms with Crippen LogP contribution >= 0.6 is 0 Å². The zero-order valence-electron chi connectivity index (χ0n) is 29.4. The van der Waals surface area contributed by atoms with Gasteiger partial charge in [0.15, 0.2) is 0 Å². The first-order valence-electron chi connectivity index (χ1n) is 18.6. The molecule has 11 rings (SSSR count). The molecule has 1 heteroatoms. The maximum atomic E-state index is 2.52. The van der Waals surface area contributed by atoms with Gasteiger partial charge in [0.05, 0.1) is 16.7 Å². The van der Waals surface area contributed by atoms with Gasteiger partial charge in [-0.3, -0.25) is 0 Å². The van der Waals surface area contributed by atoms with Gasteiger partial charge >= 0.3 is 0 Å². The molecular formula is C51H37N. The normalized spacial score (nSPS) is 15.0. The molecule has 0 fully saturated rings. The molecule has 0 unspecified atom stereocenters. The van der Waals surface area contributed by atoms with E-state index >= 15 is 0 Å². The molecule has 0 radical (unpaired) electrons. The van der Waals surface area contributed by atoms with Gasteiger partial charge in [-0.1, -0.05) is 147 Å². The predicted octanol–water partition coefficient (Wildman–Crippen LogP) is 14.0. The molecule has 0 bridgehead atoms. The van der Waals surface area contributed by atoms with E-state index in [0.717, 1.165) is 12.8 Å². The Morgan fingerprint density at radius 1 is 0.500 bits per heavy atom. The second-order valence-electron chi connectivity index (χ2n) is 15.2. The molecule has 52 heavy (non-hydrogen) atoms. The van der Waals surface area contributed by atoms with Crippen LogP contribution in [0.3, 0.4) is 0 Å². The van der Waals surface area contributed by atoms with Gasteiger partial charge in [0.2, 0.25) is 0 Å². The van der Waals surface area contributed by atoms with E-state index in [4.69, 9.17) is 0 Å². The van der Waals surface area contributed by atoms with Crippen molar-refractivity contribution < 1.29 is 0 Å². The summed E-state index contributed by atoms with van der Waals surface area (Å²) < 4.78 is 2.52. The molecule has 9 aromatic rings. The first-order valence-corrected chi connectivity index (χ1v) is 18.6. The lowest BCUT2D eigenvalue weighted by Gasteiger charge is -2.24. The number of para-hydroxylation sites is 2. The van der Waals surface area contributed by atoms with Crippen molar-refractivity contribution in [1.29, 1.82) is 0 Å². The second kappa shape index (κ2) is 10.9. The summed E-state index contributed by atoms with van der Waals surface area (Å²) in [5.74, 6) is 0. The summed E-state index contributed by atoms with van der Waals surface area (Å²) in [6, 6.07) is 56.9. The van der Waals surface area contributed by atoms with Crippen molar-refractivity contribution in [1.82, 2.24) is 4.57 Å². The summed E-state index contributed by atoms with van der Waals surface area (Å²) >= 11 is 0. The first-order chi connectivity index (χ1) is 25.6. The molecule has 8 aromatic carbocycles. The third-order valence-electron chi connectivity index (χ3n) is 12.0. The molecule has 0 spiro atoms. The third kappa shape index (κ3) is 4.11. The van der Waals surface area contributed by atoms with E-state index in [1.807, 2.05) is 0 Å². The number of fused-ring (bicyclic) bond motifs is 8. The summed E-state index contributed by atoms with van der Waals surface area (Å²) in [4.78, 5) is 0. The summed E-state index contributed by atoms with van der Waals surface area (Å²) in [5, 5.41) is 10.1. The smallest absolute Gasteiger partial charge is 0.0619 e. The maximum absolute atomic E-state index is 2.52. The highest BCUT2D eigenvalue weighted by atomic mass is 15.0. The van der Waals surface area contributed by atoms with Crippen LogP contribution in [0.4, 0.5) is 0 Å². The van der Waals surface area contributed by atoms with Crippen molar-refractivity contribution >= 4 is 59.7 Å². The van der Waals surface area contributed by atoms with Crippen LogP contribution in [0.1, 0.15) is 37.8 Å². The molecule has 246 valence electrons. The third-order valence-corrected chi connectivity index (χ3v) is 12.0. The van der Waals surface area contributed by atoms with E-state index < -0.39 is 0 Å². The summed E-state index contributed by atoms with van der Waals surface area (Å²) in [7, 11) is 0. The molecule has 1 nitrogen and oxygen atoms in total. The van der Waals surface area contributed by atoms with Gasteiger partial charge in [0.25, 0.3) is 0 Å². The van der Waals surface area contributed by atoms with Crippen molar-refractivity contribution in [3.8, 4) is 27.9 Å². The average Bonchev–Trinajstić information content (AvgIpc) is 3.64. The number of hydrogen-bond donors (Lipinski definition) is 0. The maximum Gasteiger partial charge on any atom is 0.0619 e. The number of nitrogens with zero attached hydrogens (tertiary/aromatic N) is 1. The standard InChI is InChI=1S/C51H37N/c1-51(2)45-20-10-7-15-37(45)43-31-36(26-28-46(43)51)49-40-18-5-6-19-41(40)50(52-47-21-11-8-16-38(47)39-17-9-12-22-48(39)52)42-27-25-35(30-44(42)49)34-24-23-32-13-3-4-14-33(32)29-34/h3-6,8-14,16-31H,7,15H2,1-2H3. The molecule has 2 aliphatic rings. The Balaban J connectivity index is 1.27. The zero-order valence-corrected chi connectivity index (χ0v) is 29.4. The number of aromatic nitrogens is 1. The van der Waals surface area contributed by atoms with Crippen LogP contribution in [0, 0.1) is 0 Å². The van der Waals surface area contributed by atoms with Crippen LogP contribution in [0.25, 0.3) is 87.6 Å². The van der Waals surface area contributed by atoms with E-state index in [-0.39, 0.29) is 5.41 Å². The number of rotatable bonds is 3. The minimum absolute atomic E-state index is 0.00784. The van der Waals surface area contributed by atoms with Gasteiger partial charge in [0.1, 0.15) is 0 Å². The van der Waals surface area contributed by atoms with Gasteiger partial charge in [-0.05, 0) is 109 Å². The molecule has 0 aliphatic heterocycles. The molecule has 1 aromatic heterocycles. The molecule has 0 atom stereocenters. The minimum atomic E-state index is 0.00784. The van der Waals surface area contributed by atoms with Crippen molar-refractivity contribution in [3.63, 3.8) is 0 Å². The minimum Gasteiger partial charge on any atom is -0.308 e. The monoisotopic (exact) mass is 663 g/mol. The van der Waals surface area contributed by atoms with E-state index in [2.05, 4.69) is 182 Å². The molecule has 0 amide bonds. The van der Waals surface area contributed by atoms with Crippen LogP contribution in [0.15, 0.2) is 169 Å². The van der Waals surface area contributed by atoms with Gasteiger partial charge in [-0.25, -0.2) is 0 Å². The molecule has 2 aliphatic carbocycles. The van der Waals surface area contributed by atoms with Crippen molar-refractivity contribution in [2.45, 2.75) is 32.1 Å². The Morgan fingerprint density at radius 3 is 1.90 bits per heavy atom. The lowest BCUT2D eigenvalue weighted by molar-refractivity contribution is 0.651. The largest absolute Gasteiger partial charge is 0.308 e. The highest BCUT2D eigenvalue weighted by Gasteiger charge is 2.37. The van der Waals surface area contributed by atoms with E-state index in [9.17, 15) is 0 Å². The fraction of sp³-hybridized carbons (Fsp3) is 0.0980. The Bertz CT molecular complexity index is 2980. The number of benzene rings is 8. The van der Waals surface area contributed by atoms with E-state index in [1.165, 1.54) is 104 Å². The van der Waals surface area contributed by atoms with Crippen LogP contribution < -0.4 is 0 Å². The fourth-order valence-corrected chi connectivity index (χ4v) is 9.59. The van der Waals surface area contributed by atoms with Crippen LogP contribution in [-0.4, -0.2) is 4.57 Å². The topological polar surface area (TPSA) is 4.93 Å². The molecule has 1 heterocycles. The molecular weight excluding hydrogens is 627 g/mol. The van der Waals surface area contributed by atoms with Gasteiger partial charge in [-0.15, -0.1) is 0 Å².